The predicted molar refractivity (Wildman–Crippen MR) is 107 cm³/mol. The highest BCUT2D eigenvalue weighted by Gasteiger charge is 2.24. The first-order valence-corrected chi connectivity index (χ1v) is 9.86. The number of aromatic nitrogens is 2. The van der Waals surface area contributed by atoms with Crippen LogP contribution < -0.4 is 9.80 Å². The van der Waals surface area contributed by atoms with Gasteiger partial charge in [0, 0.05) is 51.7 Å². The van der Waals surface area contributed by atoms with Gasteiger partial charge in [0.1, 0.15) is 5.82 Å². The van der Waals surface area contributed by atoms with Crippen molar-refractivity contribution in [3.8, 4) is 0 Å². The van der Waals surface area contributed by atoms with Crippen LogP contribution in [0.2, 0.25) is 0 Å². The van der Waals surface area contributed by atoms with Gasteiger partial charge in [0.2, 0.25) is 0 Å². The first-order valence-electron chi connectivity index (χ1n) is 9.86. The third-order valence-corrected chi connectivity index (χ3v) is 5.53. The Bertz CT molecular complexity index is 773. The van der Waals surface area contributed by atoms with Crippen molar-refractivity contribution in [1.29, 1.82) is 0 Å². The lowest BCUT2D eigenvalue weighted by Gasteiger charge is -2.35. The summed E-state index contributed by atoms with van der Waals surface area (Å²) in [5.74, 6) is 1.75. The Kier molecular flexibility index (Phi) is 5.23. The lowest BCUT2D eigenvalue weighted by molar-refractivity contribution is 0.0746. The molecule has 142 valence electrons. The minimum atomic E-state index is 0.0788. The molecule has 0 spiro atoms. The van der Waals surface area contributed by atoms with E-state index >= 15 is 0 Å². The van der Waals surface area contributed by atoms with Crippen LogP contribution in [0.4, 0.5) is 11.5 Å². The number of piperidine rings is 1. The number of hydrogen-bond donors (Lipinski definition) is 0. The molecule has 0 bridgehead atoms. The Labute approximate surface area is 160 Å². The van der Waals surface area contributed by atoms with E-state index in [0.29, 0.717) is 24.6 Å². The zero-order valence-corrected chi connectivity index (χ0v) is 15.9. The van der Waals surface area contributed by atoms with E-state index in [4.69, 9.17) is 0 Å². The van der Waals surface area contributed by atoms with Crippen LogP contribution in [0.1, 0.15) is 30.1 Å². The topological polar surface area (TPSA) is 52.6 Å². The Morgan fingerprint density at radius 2 is 1.93 bits per heavy atom. The maximum atomic E-state index is 13.0. The van der Waals surface area contributed by atoms with Crippen molar-refractivity contribution in [2.75, 3.05) is 49.1 Å². The lowest BCUT2D eigenvalue weighted by Crippen LogP contribution is -2.49. The largest absolute Gasteiger partial charge is 0.370 e. The van der Waals surface area contributed by atoms with Gasteiger partial charge in [-0.25, -0.2) is 4.98 Å². The van der Waals surface area contributed by atoms with Crippen molar-refractivity contribution in [3.05, 3.63) is 48.4 Å². The van der Waals surface area contributed by atoms with Gasteiger partial charge in [-0.1, -0.05) is 13.0 Å². The molecule has 4 heterocycles. The van der Waals surface area contributed by atoms with Crippen LogP contribution >= 0.6 is 0 Å². The van der Waals surface area contributed by atoms with Gasteiger partial charge in [-0.05, 0) is 37.0 Å². The van der Waals surface area contributed by atoms with Crippen molar-refractivity contribution in [3.63, 3.8) is 0 Å². The van der Waals surface area contributed by atoms with Gasteiger partial charge < -0.3 is 14.7 Å². The summed E-state index contributed by atoms with van der Waals surface area (Å²) in [5.41, 5.74) is 1.76. The SMILES string of the molecule is CC1CCCN(c2cncc(C(=O)N3CCN(c4ccccn4)CC3)c2)C1. The molecular formula is C21H27N5O. The summed E-state index contributed by atoms with van der Waals surface area (Å²) < 4.78 is 0. The number of anilines is 2. The fourth-order valence-corrected chi connectivity index (χ4v) is 4.00. The van der Waals surface area contributed by atoms with Crippen molar-refractivity contribution in [2.45, 2.75) is 19.8 Å². The molecule has 1 amide bonds. The smallest absolute Gasteiger partial charge is 0.255 e. The molecule has 2 fully saturated rings. The van der Waals surface area contributed by atoms with Gasteiger partial charge in [0.25, 0.3) is 5.91 Å². The number of carbonyl (C=O) groups is 1. The Hall–Kier alpha value is -2.63. The molecule has 2 saturated heterocycles. The molecule has 0 radical (unpaired) electrons. The first kappa shape index (κ1) is 17.8. The Morgan fingerprint density at radius 3 is 2.67 bits per heavy atom. The highest BCUT2D eigenvalue weighted by Crippen LogP contribution is 2.23. The zero-order valence-electron chi connectivity index (χ0n) is 15.9. The number of carbonyl (C=O) groups excluding carboxylic acids is 1. The first-order chi connectivity index (χ1) is 13.2. The summed E-state index contributed by atoms with van der Waals surface area (Å²) in [7, 11) is 0. The molecule has 6 heteroatoms. The van der Waals surface area contributed by atoms with Crippen molar-refractivity contribution >= 4 is 17.4 Å². The normalized spacial score (nSPS) is 20.6. The van der Waals surface area contributed by atoms with Gasteiger partial charge in [0.15, 0.2) is 0 Å². The van der Waals surface area contributed by atoms with Crippen LogP contribution in [-0.4, -0.2) is 60.0 Å². The van der Waals surface area contributed by atoms with Gasteiger partial charge >= 0.3 is 0 Å². The molecule has 1 atom stereocenters. The molecule has 0 saturated carbocycles. The van der Waals surface area contributed by atoms with E-state index in [0.717, 1.165) is 37.7 Å². The second kappa shape index (κ2) is 7.94. The monoisotopic (exact) mass is 365 g/mol. The van der Waals surface area contributed by atoms with Gasteiger partial charge in [-0.3, -0.25) is 9.78 Å². The zero-order chi connectivity index (χ0) is 18.6. The molecule has 2 aromatic heterocycles. The van der Waals surface area contributed by atoms with Crippen molar-refractivity contribution < 1.29 is 4.79 Å². The highest BCUT2D eigenvalue weighted by atomic mass is 16.2. The molecule has 0 aliphatic carbocycles. The quantitative estimate of drug-likeness (QED) is 0.837. The molecule has 0 aromatic carbocycles. The van der Waals surface area contributed by atoms with Crippen LogP contribution in [0, 0.1) is 5.92 Å². The highest BCUT2D eigenvalue weighted by molar-refractivity contribution is 5.95. The van der Waals surface area contributed by atoms with Crippen LogP contribution in [0.5, 0.6) is 0 Å². The van der Waals surface area contributed by atoms with E-state index in [-0.39, 0.29) is 5.91 Å². The van der Waals surface area contributed by atoms with E-state index in [1.54, 1.807) is 6.20 Å². The van der Waals surface area contributed by atoms with E-state index in [1.165, 1.54) is 12.8 Å². The van der Waals surface area contributed by atoms with Crippen LogP contribution in [0.3, 0.4) is 0 Å². The number of rotatable bonds is 3. The molecule has 27 heavy (non-hydrogen) atoms. The summed E-state index contributed by atoms with van der Waals surface area (Å²) in [6.07, 6.45) is 7.88. The summed E-state index contributed by atoms with van der Waals surface area (Å²) in [4.78, 5) is 28.3. The Morgan fingerprint density at radius 1 is 1.07 bits per heavy atom. The molecule has 2 aliphatic rings. The second-order valence-corrected chi connectivity index (χ2v) is 7.59. The lowest BCUT2D eigenvalue weighted by atomic mass is 10.00. The second-order valence-electron chi connectivity index (χ2n) is 7.59. The maximum Gasteiger partial charge on any atom is 0.255 e. The van der Waals surface area contributed by atoms with Gasteiger partial charge in [-0.15, -0.1) is 0 Å². The third-order valence-electron chi connectivity index (χ3n) is 5.53. The van der Waals surface area contributed by atoms with E-state index in [2.05, 4.69) is 26.7 Å². The van der Waals surface area contributed by atoms with Gasteiger partial charge in [0.05, 0.1) is 17.4 Å². The summed E-state index contributed by atoms with van der Waals surface area (Å²) >= 11 is 0. The average Bonchev–Trinajstić information content (AvgIpc) is 2.74. The fourth-order valence-electron chi connectivity index (χ4n) is 4.00. The van der Waals surface area contributed by atoms with Crippen LogP contribution in [0.15, 0.2) is 42.9 Å². The molecule has 2 aliphatic heterocycles. The Balaban J connectivity index is 1.41. The minimum absolute atomic E-state index is 0.0788. The average molecular weight is 365 g/mol. The van der Waals surface area contributed by atoms with Crippen LogP contribution in [0.25, 0.3) is 0 Å². The van der Waals surface area contributed by atoms with Gasteiger partial charge in [-0.2, -0.15) is 0 Å². The number of nitrogens with zero attached hydrogens (tertiary/aromatic N) is 5. The third kappa shape index (κ3) is 4.04. The molecule has 1 unspecified atom stereocenters. The number of pyridine rings is 2. The fraction of sp³-hybridized carbons (Fsp3) is 0.476. The molecule has 0 N–H and O–H groups in total. The minimum Gasteiger partial charge on any atom is -0.370 e. The van der Waals surface area contributed by atoms with E-state index in [9.17, 15) is 4.79 Å². The standard InChI is InChI=1S/C21H27N5O/c1-17-5-4-8-26(16-17)19-13-18(14-22-15-19)21(27)25-11-9-24(10-12-25)20-6-2-3-7-23-20/h2-3,6-7,13-15,17H,4-5,8-12,16H2,1H3. The predicted octanol–water partition coefficient (Wildman–Crippen LogP) is 2.68. The molecule has 4 rings (SSSR count). The summed E-state index contributed by atoms with van der Waals surface area (Å²) in [6.45, 7) is 7.41. The van der Waals surface area contributed by atoms with Crippen LogP contribution in [-0.2, 0) is 0 Å². The van der Waals surface area contributed by atoms with E-state index < -0.39 is 0 Å². The van der Waals surface area contributed by atoms with Crippen molar-refractivity contribution in [1.82, 2.24) is 14.9 Å². The number of amides is 1. The molecule has 2 aromatic rings. The maximum absolute atomic E-state index is 13.0. The number of hydrogen-bond acceptors (Lipinski definition) is 5. The summed E-state index contributed by atoms with van der Waals surface area (Å²) in [6, 6.07) is 7.95. The molecule has 6 nitrogen and oxygen atoms in total. The number of piperazine rings is 1. The van der Waals surface area contributed by atoms with E-state index in [1.807, 2.05) is 41.6 Å². The summed E-state index contributed by atoms with van der Waals surface area (Å²) in [5, 5.41) is 0. The van der Waals surface area contributed by atoms with Crippen molar-refractivity contribution in [2.24, 2.45) is 5.92 Å². The molecular weight excluding hydrogens is 338 g/mol.